The summed E-state index contributed by atoms with van der Waals surface area (Å²) < 4.78 is 39.7. The molecule has 0 bridgehead atoms. The van der Waals surface area contributed by atoms with Gasteiger partial charge in [0.05, 0.1) is 19.8 Å². The van der Waals surface area contributed by atoms with Crippen LogP contribution in [-0.2, 0) is 42.2 Å². The Hall–Kier alpha value is -3.34. The number of unbranched alkanes of at least 4 members (excludes halogenated alkanes) is 29. The second kappa shape index (κ2) is 61.7. The predicted molar refractivity (Wildman–Crippen MR) is 334 cm³/mol. The summed E-state index contributed by atoms with van der Waals surface area (Å²) in [5, 5.41) is 9.86. The number of phosphoric ester groups is 1. The van der Waals surface area contributed by atoms with Gasteiger partial charge in [-0.05, 0) is 116 Å². The zero-order valence-corrected chi connectivity index (χ0v) is 52.2. The van der Waals surface area contributed by atoms with Crippen LogP contribution in [0, 0.1) is 0 Å². The highest BCUT2D eigenvalue weighted by atomic mass is 31.2. The molecule has 80 heavy (non-hydrogen) atoms. The average Bonchev–Trinajstić information content (AvgIpc) is 3.45. The van der Waals surface area contributed by atoms with E-state index in [4.69, 9.17) is 23.3 Å². The molecule has 0 aromatic carbocycles. The normalized spacial score (nSPS) is 13.8. The highest BCUT2D eigenvalue weighted by Crippen LogP contribution is 2.43. The summed E-state index contributed by atoms with van der Waals surface area (Å²) in [6.45, 7) is 4.50. The first-order valence-corrected chi connectivity index (χ1v) is 34.0. The van der Waals surface area contributed by atoms with Crippen LogP contribution in [-0.4, -0.2) is 66.5 Å². The molecule has 3 atom stereocenters. The smallest absolute Gasteiger partial charge is 0.462 e. The van der Waals surface area contributed by atoms with Gasteiger partial charge in [0.25, 0.3) is 0 Å². The Morgan fingerprint density at radius 2 is 0.650 bits per heavy atom. The van der Waals surface area contributed by atoms with E-state index in [0.29, 0.717) is 19.3 Å². The molecule has 12 heteroatoms. The Morgan fingerprint density at radius 3 is 1.04 bits per heavy atom. The van der Waals surface area contributed by atoms with Crippen molar-refractivity contribution in [3.05, 3.63) is 85.1 Å². The Labute approximate surface area is 490 Å². The van der Waals surface area contributed by atoms with Crippen molar-refractivity contribution in [2.45, 2.75) is 303 Å². The summed E-state index contributed by atoms with van der Waals surface area (Å²) in [5.41, 5.74) is 0. The van der Waals surface area contributed by atoms with Crippen LogP contribution in [0.2, 0.25) is 0 Å². The van der Waals surface area contributed by atoms with Crippen LogP contribution in [0.5, 0.6) is 0 Å². The van der Waals surface area contributed by atoms with Gasteiger partial charge < -0.3 is 24.2 Å². The predicted octanol–water partition coefficient (Wildman–Crippen LogP) is 19.8. The average molecular weight is 1140 g/mol. The molecule has 11 nitrogen and oxygen atoms in total. The van der Waals surface area contributed by atoms with Crippen molar-refractivity contribution in [3.8, 4) is 0 Å². The third-order valence-electron chi connectivity index (χ3n) is 13.8. The number of aliphatic hydroxyl groups is 1. The van der Waals surface area contributed by atoms with Gasteiger partial charge in [0.1, 0.15) is 12.7 Å². The van der Waals surface area contributed by atoms with Crippen LogP contribution >= 0.6 is 7.82 Å². The lowest BCUT2D eigenvalue weighted by molar-refractivity contribution is -0.161. The fraction of sp³-hybridized carbons (Fsp3) is 0.750. The van der Waals surface area contributed by atoms with Gasteiger partial charge in [0.2, 0.25) is 0 Å². The van der Waals surface area contributed by atoms with Crippen molar-refractivity contribution >= 4 is 25.7 Å². The minimum atomic E-state index is -4.77. The van der Waals surface area contributed by atoms with Crippen LogP contribution in [0.25, 0.3) is 0 Å². The largest absolute Gasteiger partial charge is 0.472 e. The second-order valence-electron chi connectivity index (χ2n) is 21.5. The zero-order valence-electron chi connectivity index (χ0n) is 51.3. The molecule has 0 saturated carbocycles. The molecule has 3 unspecified atom stereocenters. The quantitative estimate of drug-likeness (QED) is 0.0197. The molecule has 462 valence electrons. The van der Waals surface area contributed by atoms with E-state index < -0.39 is 57.8 Å². The van der Waals surface area contributed by atoms with Gasteiger partial charge >= 0.3 is 25.7 Å². The first-order chi connectivity index (χ1) is 39.2. The van der Waals surface area contributed by atoms with E-state index in [1.807, 2.05) is 0 Å². The third kappa shape index (κ3) is 59.3. The van der Waals surface area contributed by atoms with Crippen molar-refractivity contribution in [1.29, 1.82) is 0 Å². The summed E-state index contributed by atoms with van der Waals surface area (Å²) >= 11 is 0. The topological polar surface area (TPSA) is 155 Å². The van der Waals surface area contributed by atoms with E-state index in [1.54, 1.807) is 0 Å². The van der Waals surface area contributed by atoms with Crippen LogP contribution in [0.1, 0.15) is 290 Å². The molecular formula is C68H119O11P. The number of hydrogen-bond acceptors (Lipinski definition) is 10. The molecule has 0 spiro atoms. The summed E-state index contributed by atoms with van der Waals surface area (Å²) in [5.74, 6) is -1.50. The van der Waals surface area contributed by atoms with Crippen molar-refractivity contribution in [3.63, 3.8) is 0 Å². The van der Waals surface area contributed by atoms with Gasteiger partial charge in [0, 0.05) is 19.3 Å². The first-order valence-electron chi connectivity index (χ1n) is 32.5. The molecular weight excluding hydrogens is 1020 g/mol. The Morgan fingerprint density at radius 1 is 0.362 bits per heavy atom. The minimum Gasteiger partial charge on any atom is -0.462 e. The number of ether oxygens (including phenoxy) is 3. The summed E-state index contributed by atoms with van der Waals surface area (Å²) in [7, 11) is -4.77. The van der Waals surface area contributed by atoms with E-state index >= 15 is 0 Å². The number of carbonyl (C=O) groups is 3. The molecule has 2 N–H and O–H groups in total. The number of allylic oxidation sites excluding steroid dienone is 14. The van der Waals surface area contributed by atoms with Gasteiger partial charge in [-0.25, -0.2) is 4.57 Å². The lowest BCUT2D eigenvalue weighted by Crippen LogP contribution is -2.30. The molecule has 0 rings (SSSR count). The van der Waals surface area contributed by atoms with Gasteiger partial charge in [-0.2, -0.15) is 0 Å². The lowest BCUT2D eigenvalue weighted by Gasteiger charge is -2.21. The van der Waals surface area contributed by atoms with E-state index in [0.717, 1.165) is 109 Å². The molecule has 0 aromatic rings. The molecule has 0 aliphatic carbocycles. The molecule has 0 amide bonds. The van der Waals surface area contributed by atoms with E-state index in [2.05, 4.69) is 106 Å². The number of phosphoric acid groups is 1. The fourth-order valence-electron chi connectivity index (χ4n) is 8.84. The maximum absolute atomic E-state index is 13.0. The van der Waals surface area contributed by atoms with Crippen molar-refractivity contribution < 1.29 is 52.2 Å². The molecule has 0 saturated heterocycles. The van der Waals surface area contributed by atoms with Crippen LogP contribution in [0.3, 0.4) is 0 Å². The Kier molecular flexibility index (Phi) is 59.1. The highest BCUT2D eigenvalue weighted by Gasteiger charge is 2.28. The van der Waals surface area contributed by atoms with Crippen molar-refractivity contribution in [2.24, 2.45) is 0 Å². The summed E-state index contributed by atoms with van der Waals surface area (Å²) in [6.07, 6.45) is 72.4. The zero-order chi connectivity index (χ0) is 58.3. The standard InChI is InChI=1S/C68H119O11P/c1-4-7-10-13-16-19-22-25-28-31-32-35-36-39-42-45-48-51-54-57-66(70)75-61-65(79-68(72)59-56-53-50-47-44-41-38-34-30-27-24-21-18-15-12-9-6-3)63-77-80(73,74)76-62-64(60-69)78-67(71)58-55-52-49-46-43-40-37-33-29-26-23-20-17-14-11-8-5-2/h9,12,17-18,20-21,25-30,38,41,64-65,69H,4-8,10-11,13-16,19,22-24,31-37,39-40,42-63H2,1-3H3,(H,73,74)/b12-9-,20-17-,21-18-,28-25-,29-26-,30-27-,41-38-. The molecule has 0 heterocycles. The van der Waals surface area contributed by atoms with E-state index in [-0.39, 0.29) is 25.9 Å². The van der Waals surface area contributed by atoms with E-state index in [1.165, 1.54) is 122 Å². The van der Waals surface area contributed by atoms with Crippen molar-refractivity contribution in [2.75, 3.05) is 26.4 Å². The number of hydrogen-bond donors (Lipinski definition) is 2. The molecule has 0 radical (unpaired) electrons. The van der Waals surface area contributed by atoms with E-state index in [9.17, 15) is 28.9 Å². The number of carbonyl (C=O) groups excluding carboxylic acids is 3. The molecule has 0 fully saturated rings. The number of esters is 3. The minimum absolute atomic E-state index is 0.137. The van der Waals surface area contributed by atoms with Crippen LogP contribution in [0.15, 0.2) is 85.1 Å². The van der Waals surface area contributed by atoms with Crippen LogP contribution in [0.4, 0.5) is 0 Å². The second-order valence-corrected chi connectivity index (χ2v) is 23.0. The molecule has 0 aromatic heterocycles. The summed E-state index contributed by atoms with van der Waals surface area (Å²) in [6, 6.07) is 0. The maximum atomic E-state index is 13.0. The van der Waals surface area contributed by atoms with Crippen molar-refractivity contribution in [1.82, 2.24) is 0 Å². The Balaban J connectivity index is 4.73. The lowest BCUT2D eigenvalue weighted by atomic mass is 10.1. The van der Waals surface area contributed by atoms with Gasteiger partial charge in [-0.3, -0.25) is 23.4 Å². The maximum Gasteiger partial charge on any atom is 0.472 e. The van der Waals surface area contributed by atoms with Gasteiger partial charge in [0.15, 0.2) is 6.10 Å². The SMILES string of the molecule is CC/C=C\C/C=C\C/C=C\C/C=C\CCCCCCC(=O)OC(COC(=O)CCCCCCCCCCC/C=C\CCCCCCCC)COP(=O)(O)OCC(CO)OC(=O)CCCCCCCCC/C=C\C/C=C\CCCCC. The highest BCUT2D eigenvalue weighted by molar-refractivity contribution is 7.47. The first kappa shape index (κ1) is 76.7. The third-order valence-corrected chi connectivity index (χ3v) is 14.7. The number of aliphatic hydroxyl groups excluding tert-OH is 1. The summed E-state index contributed by atoms with van der Waals surface area (Å²) in [4.78, 5) is 48.8. The fourth-order valence-corrected chi connectivity index (χ4v) is 9.63. The van der Waals surface area contributed by atoms with Gasteiger partial charge in [-0.15, -0.1) is 0 Å². The Bertz CT molecular complexity index is 1670. The monoisotopic (exact) mass is 1140 g/mol. The molecule has 0 aliphatic rings. The molecule has 0 aliphatic heterocycles. The number of rotatable bonds is 60. The van der Waals surface area contributed by atoms with Gasteiger partial charge in [-0.1, -0.05) is 241 Å². The van der Waals surface area contributed by atoms with Crippen LogP contribution < -0.4 is 0 Å².